The monoisotopic (exact) mass is 330 g/mol. The first-order valence-electron chi connectivity index (χ1n) is 4.26. The Bertz CT molecular complexity index is 472. The smallest absolute Gasteiger partial charge is 0.289 e. The van der Waals surface area contributed by atoms with Gasteiger partial charge in [-0.15, -0.1) is 0 Å². The van der Waals surface area contributed by atoms with E-state index in [1.165, 1.54) is 0 Å². The van der Waals surface area contributed by atoms with Gasteiger partial charge in [-0.2, -0.15) is 22.0 Å². The van der Waals surface area contributed by atoms with Crippen LogP contribution in [0, 0.1) is 0 Å². The highest BCUT2D eigenvalue weighted by Gasteiger charge is 2.69. The Balaban J connectivity index is 5.98. The van der Waals surface area contributed by atoms with Gasteiger partial charge in [-0.05, 0) is 11.6 Å². The second kappa shape index (κ2) is 5.46. The van der Waals surface area contributed by atoms with E-state index < -0.39 is 47.0 Å². The zero-order chi connectivity index (χ0) is 16.5. The molecule has 0 saturated heterocycles. The first-order chi connectivity index (χ1) is 8.73. The molecule has 0 aliphatic heterocycles. The molecule has 0 aromatic heterocycles. The molecule has 0 spiro atoms. The summed E-state index contributed by atoms with van der Waals surface area (Å²) >= 11 is 4.24. The van der Waals surface area contributed by atoms with Crippen LogP contribution in [0.25, 0.3) is 0 Å². The molecule has 0 heterocycles. The average molecular weight is 331 g/mol. The normalized spacial score (nSPS) is 15.4. The van der Waals surface area contributed by atoms with Crippen LogP contribution in [0.5, 0.6) is 0 Å². The Labute approximate surface area is 109 Å². The maximum atomic E-state index is 13.5. The zero-order valence-corrected chi connectivity index (χ0v) is 9.62. The number of carbonyl (C=O) groups excluding carboxylic acids is 4. The lowest BCUT2D eigenvalue weighted by atomic mass is 9.90. The fraction of sp³-hybridized carbons (Fsp3) is 0.500. The third-order valence-corrected chi connectivity index (χ3v) is 2.17. The average Bonchev–Trinajstić information content (AvgIpc) is 2.33. The summed E-state index contributed by atoms with van der Waals surface area (Å²) in [6.45, 7) is -2.55. The van der Waals surface area contributed by atoms with Crippen LogP contribution in [0.15, 0.2) is 0 Å². The molecule has 0 aromatic rings. The number of Topliss-reactive ketones (excluding diaryl/α,β-unsaturated/α-hetero) is 3. The van der Waals surface area contributed by atoms with E-state index in [4.69, 9.17) is 0 Å². The van der Waals surface area contributed by atoms with Crippen molar-refractivity contribution in [2.45, 2.75) is 17.8 Å². The van der Waals surface area contributed by atoms with Crippen molar-refractivity contribution < 1.29 is 49.9 Å². The van der Waals surface area contributed by atoms with Crippen LogP contribution in [0.2, 0.25) is 0 Å². The molecular weight excluding hydrogens is 329 g/mol. The standard InChI is InChI=1S/C8H2ClF7O4/c9-5(20)6(11,4(19)8(14,15)16)3(18)7(12,13)2(17)1-10/h1H2. The molecule has 0 bridgehead atoms. The van der Waals surface area contributed by atoms with Crippen LogP contribution < -0.4 is 0 Å². The highest BCUT2D eigenvalue weighted by atomic mass is 35.5. The molecule has 114 valence electrons. The lowest BCUT2D eigenvalue weighted by molar-refractivity contribution is -0.190. The number of hydrogen-bond acceptors (Lipinski definition) is 4. The van der Waals surface area contributed by atoms with E-state index in [0.29, 0.717) is 0 Å². The van der Waals surface area contributed by atoms with Gasteiger partial charge >= 0.3 is 17.8 Å². The minimum Gasteiger partial charge on any atom is -0.289 e. The van der Waals surface area contributed by atoms with Crippen LogP contribution in [-0.2, 0) is 19.2 Å². The van der Waals surface area contributed by atoms with Crippen molar-refractivity contribution in [3.63, 3.8) is 0 Å². The molecule has 0 fully saturated rings. The summed E-state index contributed by atoms with van der Waals surface area (Å²) in [6.07, 6.45) is -6.22. The number of alkyl halides is 7. The molecule has 0 aliphatic carbocycles. The molecule has 0 aromatic carbocycles. The first-order valence-corrected chi connectivity index (χ1v) is 4.64. The quantitative estimate of drug-likeness (QED) is 0.419. The number of carbonyl (C=O) groups is 4. The van der Waals surface area contributed by atoms with E-state index in [9.17, 15) is 49.9 Å². The third-order valence-electron chi connectivity index (χ3n) is 1.91. The number of ketones is 3. The zero-order valence-electron chi connectivity index (χ0n) is 8.86. The number of hydrogen-bond donors (Lipinski definition) is 0. The molecule has 0 aliphatic rings. The molecule has 20 heavy (non-hydrogen) atoms. The van der Waals surface area contributed by atoms with Gasteiger partial charge in [0.1, 0.15) is 0 Å². The van der Waals surface area contributed by atoms with Crippen LogP contribution in [0.1, 0.15) is 0 Å². The van der Waals surface area contributed by atoms with Crippen molar-refractivity contribution in [1.29, 1.82) is 0 Å². The van der Waals surface area contributed by atoms with Crippen LogP contribution in [0.4, 0.5) is 30.7 Å². The Morgan fingerprint density at radius 1 is 0.850 bits per heavy atom. The third kappa shape index (κ3) is 2.97. The Kier molecular flexibility index (Phi) is 5.05. The van der Waals surface area contributed by atoms with Crippen molar-refractivity contribution in [2.75, 3.05) is 6.67 Å². The molecule has 0 amide bonds. The minimum atomic E-state index is -6.22. The predicted octanol–water partition coefficient (Wildman–Crippen LogP) is 1.33. The Hall–Kier alpha value is -1.52. The Morgan fingerprint density at radius 2 is 1.25 bits per heavy atom. The van der Waals surface area contributed by atoms with E-state index in [0.717, 1.165) is 0 Å². The number of halogens is 8. The van der Waals surface area contributed by atoms with Crippen LogP contribution in [0.3, 0.4) is 0 Å². The summed E-state index contributed by atoms with van der Waals surface area (Å²) in [5.41, 5.74) is -5.55. The first kappa shape index (κ1) is 18.5. The van der Waals surface area contributed by atoms with Gasteiger partial charge in [0.05, 0.1) is 0 Å². The van der Waals surface area contributed by atoms with Gasteiger partial charge in [0.25, 0.3) is 16.8 Å². The fourth-order valence-corrected chi connectivity index (χ4v) is 1.08. The van der Waals surface area contributed by atoms with Gasteiger partial charge in [0.15, 0.2) is 6.67 Å². The molecule has 0 rings (SSSR count). The predicted molar refractivity (Wildman–Crippen MR) is 46.7 cm³/mol. The molecule has 0 N–H and O–H groups in total. The van der Waals surface area contributed by atoms with Crippen LogP contribution in [-0.4, -0.2) is 47.0 Å². The van der Waals surface area contributed by atoms with E-state index in [1.807, 2.05) is 0 Å². The van der Waals surface area contributed by atoms with Gasteiger partial charge < -0.3 is 0 Å². The Morgan fingerprint density at radius 3 is 1.50 bits per heavy atom. The summed E-state index contributed by atoms with van der Waals surface area (Å²) in [5.74, 6) is -16.1. The largest absolute Gasteiger partial charge is 0.454 e. The van der Waals surface area contributed by atoms with Gasteiger partial charge in [-0.3, -0.25) is 19.2 Å². The lowest BCUT2D eigenvalue weighted by Gasteiger charge is -2.23. The summed E-state index contributed by atoms with van der Waals surface area (Å²) < 4.78 is 87.0. The van der Waals surface area contributed by atoms with Gasteiger partial charge in [-0.25, -0.2) is 8.78 Å². The van der Waals surface area contributed by atoms with E-state index in [2.05, 4.69) is 11.6 Å². The second-order valence-electron chi connectivity index (χ2n) is 3.22. The van der Waals surface area contributed by atoms with Crippen molar-refractivity contribution in [3.8, 4) is 0 Å². The van der Waals surface area contributed by atoms with Gasteiger partial charge in [-0.1, -0.05) is 0 Å². The minimum absolute atomic E-state index is 2.55. The maximum absolute atomic E-state index is 13.5. The summed E-state index contributed by atoms with van der Waals surface area (Å²) in [7, 11) is 0. The maximum Gasteiger partial charge on any atom is 0.454 e. The van der Waals surface area contributed by atoms with E-state index in [-0.39, 0.29) is 0 Å². The number of rotatable bonds is 6. The second-order valence-corrected chi connectivity index (χ2v) is 3.56. The molecule has 12 heteroatoms. The molecule has 0 saturated carbocycles. The van der Waals surface area contributed by atoms with Crippen molar-refractivity contribution in [2.24, 2.45) is 0 Å². The molecule has 1 atom stereocenters. The highest BCUT2D eigenvalue weighted by molar-refractivity contribution is 6.71. The molecule has 0 radical (unpaired) electrons. The van der Waals surface area contributed by atoms with E-state index >= 15 is 0 Å². The van der Waals surface area contributed by atoms with Gasteiger partial charge in [0, 0.05) is 0 Å². The summed E-state index contributed by atoms with van der Waals surface area (Å²) in [5, 5.41) is -3.03. The van der Waals surface area contributed by atoms with Crippen molar-refractivity contribution in [1.82, 2.24) is 0 Å². The SMILES string of the molecule is O=C(CF)C(F)(F)C(=O)C(F)(C(=O)Cl)C(=O)C(F)(F)F. The molecular formula is C8H2ClF7O4. The van der Waals surface area contributed by atoms with Gasteiger partial charge in [0.2, 0.25) is 5.78 Å². The highest BCUT2D eigenvalue weighted by Crippen LogP contribution is 2.34. The lowest BCUT2D eigenvalue weighted by Crippen LogP contribution is -2.60. The van der Waals surface area contributed by atoms with Crippen molar-refractivity contribution in [3.05, 3.63) is 0 Å². The topological polar surface area (TPSA) is 68.3 Å². The fourth-order valence-electron chi connectivity index (χ4n) is 0.904. The van der Waals surface area contributed by atoms with Crippen LogP contribution >= 0.6 is 11.6 Å². The molecule has 1 unspecified atom stereocenters. The molecule has 4 nitrogen and oxygen atoms in total. The summed E-state index contributed by atoms with van der Waals surface area (Å²) in [4.78, 5) is 42.3. The van der Waals surface area contributed by atoms with E-state index in [1.54, 1.807) is 0 Å². The van der Waals surface area contributed by atoms with Crippen molar-refractivity contribution >= 4 is 34.2 Å². The summed E-state index contributed by atoms with van der Waals surface area (Å²) in [6, 6.07) is 0.